The van der Waals surface area contributed by atoms with Crippen molar-refractivity contribution in [2.75, 3.05) is 6.54 Å². The first-order valence-corrected chi connectivity index (χ1v) is 10.8. The second-order valence-electron chi connectivity index (χ2n) is 8.10. The number of rotatable bonds is 5. The molecular weight excluding hydrogens is 449 g/mol. The number of para-hydroxylation sites is 1. The van der Waals surface area contributed by atoms with Gasteiger partial charge in [0.2, 0.25) is 5.91 Å². The first-order chi connectivity index (χ1) is 15.7. The number of aromatic nitrogens is 1. The Morgan fingerprint density at radius 3 is 2.64 bits per heavy atom. The highest BCUT2D eigenvalue weighted by atomic mass is 35.5. The maximum absolute atomic E-state index is 14.8. The Labute approximate surface area is 194 Å². The lowest BCUT2D eigenvalue weighted by Gasteiger charge is -2.25. The molecule has 1 aromatic heterocycles. The van der Waals surface area contributed by atoms with Crippen molar-refractivity contribution in [3.63, 3.8) is 0 Å². The number of fused-ring (bicyclic) bond motifs is 1. The summed E-state index contributed by atoms with van der Waals surface area (Å²) >= 11 is 5.93. The standard InChI is InChI=1S/C23H23ClFN5O3/c24-16-5-3-4-14(8-16)11-30(25)22(32)20-10-17(26)13-28(20)21(31)9-15-12-29(23(27)33)19-7-2-1-6-18(15)19/h1-8,12,17,20H,9-11,13,26H2,(H2,27,33)/t17-,20-/m0/s1. The van der Waals surface area contributed by atoms with Gasteiger partial charge in [0, 0.05) is 29.2 Å². The normalized spacial score (nSPS) is 18.0. The second-order valence-corrected chi connectivity index (χ2v) is 8.54. The van der Waals surface area contributed by atoms with Gasteiger partial charge in [-0.1, -0.05) is 46.4 Å². The third-order valence-corrected chi connectivity index (χ3v) is 6.00. The van der Waals surface area contributed by atoms with Crippen LogP contribution in [0.5, 0.6) is 0 Å². The minimum atomic E-state index is -1.01. The van der Waals surface area contributed by atoms with E-state index in [1.165, 1.54) is 15.7 Å². The molecule has 2 heterocycles. The lowest BCUT2D eigenvalue weighted by atomic mass is 10.1. The van der Waals surface area contributed by atoms with Crippen molar-refractivity contribution in [1.82, 2.24) is 14.6 Å². The number of halogens is 2. The van der Waals surface area contributed by atoms with E-state index in [-0.39, 0.29) is 37.0 Å². The first kappa shape index (κ1) is 22.8. The molecule has 0 unspecified atom stereocenters. The van der Waals surface area contributed by atoms with Gasteiger partial charge in [-0.25, -0.2) is 4.79 Å². The molecule has 0 bridgehead atoms. The number of likely N-dealkylation sites (tertiary alicyclic amines) is 1. The molecular formula is C23H23ClFN5O3. The lowest BCUT2D eigenvalue weighted by molar-refractivity contribution is -0.156. The van der Waals surface area contributed by atoms with E-state index in [9.17, 15) is 18.9 Å². The number of hydrogen-bond donors (Lipinski definition) is 2. The summed E-state index contributed by atoms with van der Waals surface area (Å²) in [6, 6.07) is 11.5. The van der Waals surface area contributed by atoms with Gasteiger partial charge in [0.05, 0.1) is 18.5 Å². The zero-order valence-corrected chi connectivity index (χ0v) is 18.4. The fraction of sp³-hybridized carbons (Fsp3) is 0.261. The monoisotopic (exact) mass is 471 g/mol. The molecule has 1 saturated heterocycles. The molecule has 4 rings (SSSR count). The smallest absolute Gasteiger partial charge is 0.323 e. The number of primary amides is 1. The van der Waals surface area contributed by atoms with Gasteiger partial charge in [0.15, 0.2) is 0 Å². The quantitative estimate of drug-likeness (QED) is 0.556. The zero-order chi connectivity index (χ0) is 23.7. The minimum Gasteiger partial charge on any atom is -0.351 e. The molecule has 1 aliphatic rings. The van der Waals surface area contributed by atoms with Gasteiger partial charge in [0.25, 0.3) is 5.91 Å². The van der Waals surface area contributed by atoms with Gasteiger partial charge >= 0.3 is 6.03 Å². The molecule has 172 valence electrons. The number of hydrogen-bond acceptors (Lipinski definition) is 4. The van der Waals surface area contributed by atoms with Crippen LogP contribution in [0.15, 0.2) is 54.7 Å². The summed E-state index contributed by atoms with van der Waals surface area (Å²) in [5, 5.41) is 1.22. The zero-order valence-electron chi connectivity index (χ0n) is 17.7. The third-order valence-electron chi connectivity index (χ3n) is 5.76. The number of carbonyl (C=O) groups is 3. The largest absolute Gasteiger partial charge is 0.351 e. The van der Waals surface area contributed by atoms with Crippen LogP contribution < -0.4 is 11.5 Å². The number of nitrogens with zero attached hydrogens (tertiary/aromatic N) is 3. The average Bonchev–Trinajstić information content (AvgIpc) is 3.34. The van der Waals surface area contributed by atoms with Crippen molar-refractivity contribution in [3.8, 4) is 0 Å². The Balaban J connectivity index is 1.53. The molecule has 0 saturated carbocycles. The lowest BCUT2D eigenvalue weighted by Crippen LogP contribution is -2.45. The van der Waals surface area contributed by atoms with E-state index in [2.05, 4.69) is 0 Å². The van der Waals surface area contributed by atoms with Crippen LogP contribution in [0.2, 0.25) is 5.02 Å². The Bertz CT molecular complexity index is 1230. The van der Waals surface area contributed by atoms with Gasteiger partial charge in [0.1, 0.15) is 6.04 Å². The molecule has 10 heteroatoms. The number of amides is 3. The maximum Gasteiger partial charge on any atom is 0.323 e. The maximum atomic E-state index is 14.8. The van der Waals surface area contributed by atoms with Crippen molar-refractivity contribution in [2.24, 2.45) is 11.5 Å². The third kappa shape index (κ3) is 4.69. The molecule has 33 heavy (non-hydrogen) atoms. The van der Waals surface area contributed by atoms with Crippen LogP contribution >= 0.6 is 11.6 Å². The van der Waals surface area contributed by atoms with Crippen LogP contribution in [-0.4, -0.2) is 51.1 Å². The van der Waals surface area contributed by atoms with E-state index in [0.717, 1.165) is 0 Å². The molecule has 2 atom stereocenters. The van der Waals surface area contributed by atoms with Crippen molar-refractivity contribution in [1.29, 1.82) is 0 Å². The van der Waals surface area contributed by atoms with Crippen LogP contribution in [0.3, 0.4) is 0 Å². The van der Waals surface area contributed by atoms with Gasteiger partial charge in [-0.2, -0.15) is 5.12 Å². The number of benzene rings is 2. The molecule has 4 N–H and O–H groups in total. The fourth-order valence-corrected chi connectivity index (χ4v) is 4.46. The van der Waals surface area contributed by atoms with E-state index in [0.29, 0.717) is 27.1 Å². The molecule has 3 aromatic rings. The van der Waals surface area contributed by atoms with Crippen molar-refractivity contribution in [2.45, 2.75) is 31.5 Å². The van der Waals surface area contributed by atoms with Crippen LogP contribution in [0, 0.1) is 0 Å². The van der Waals surface area contributed by atoms with E-state index in [1.807, 2.05) is 0 Å². The summed E-state index contributed by atoms with van der Waals surface area (Å²) in [5.74, 6) is -1.22. The highest BCUT2D eigenvalue weighted by molar-refractivity contribution is 6.30. The molecule has 3 amide bonds. The molecule has 0 radical (unpaired) electrons. The summed E-state index contributed by atoms with van der Waals surface area (Å²) in [5.41, 5.74) is 13.2. The Morgan fingerprint density at radius 2 is 1.91 bits per heavy atom. The molecule has 0 spiro atoms. The van der Waals surface area contributed by atoms with Crippen molar-refractivity contribution >= 4 is 40.3 Å². The van der Waals surface area contributed by atoms with Crippen molar-refractivity contribution in [3.05, 3.63) is 70.9 Å². The Morgan fingerprint density at radius 1 is 1.15 bits per heavy atom. The van der Waals surface area contributed by atoms with Crippen LogP contribution in [0.25, 0.3) is 10.9 Å². The summed E-state index contributed by atoms with van der Waals surface area (Å²) in [6.07, 6.45) is 1.58. The summed E-state index contributed by atoms with van der Waals surface area (Å²) < 4.78 is 16.0. The van der Waals surface area contributed by atoms with Gasteiger partial charge < -0.3 is 16.4 Å². The molecule has 1 aliphatic heterocycles. The van der Waals surface area contributed by atoms with Crippen LogP contribution in [0.1, 0.15) is 17.5 Å². The Hall–Kier alpha value is -3.43. The number of carbonyl (C=O) groups excluding carboxylic acids is 3. The topological polar surface area (TPSA) is 115 Å². The second kappa shape index (κ2) is 9.21. The molecule has 1 fully saturated rings. The molecule has 8 nitrogen and oxygen atoms in total. The summed E-state index contributed by atoms with van der Waals surface area (Å²) in [7, 11) is 0. The number of nitrogens with two attached hydrogens (primary N) is 2. The predicted molar refractivity (Wildman–Crippen MR) is 122 cm³/mol. The Kier molecular flexibility index (Phi) is 6.35. The molecule has 2 aromatic carbocycles. The average molecular weight is 472 g/mol. The summed E-state index contributed by atoms with van der Waals surface area (Å²) in [4.78, 5) is 39.1. The fourth-order valence-electron chi connectivity index (χ4n) is 4.25. The van der Waals surface area contributed by atoms with Gasteiger partial charge in [-0.05, 0) is 35.7 Å². The van der Waals surface area contributed by atoms with E-state index >= 15 is 0 Å². The van der Waals surface area contributed by atoms with Gasteiger partial charge in [-0.15, -0.1) is 0 Å². The summed E-state index contributed by atoms with van der Waals surface area (Å²) in [6.45, 7) is -0.159. The van der Waals surface area contributed by atoms with E-state index in [1.54, 1.807) is 48.5 Å². The highest BCUT2D eigenvalue weighted by Crippen LogP contribution is 2.25. The van der Waals surface area contributed by atoms with E-state index in [4.69, 9.17) is 23.1 Å². The highest BCUT2D eigenvalue weighted by Gasteiger charge is 2.40. The molecule has 0 aliphatic carbocycles. The van der Waals surface area contributed by atoms with Crippen molar-refractivity contribution < 1.29 is 18.9 Å². The van der Waals surface area contributed by atoms with Crippen LogP contribution in [0.4, 0.5) is 9.28 Å². The van der Waals surface area contributed by atoms with Gasteiger partial charge in [-0.3, -0.25) is 14.2 Å². The van der Waals surface area contributed by atoms with E-state index < -0.39 is 24.0 Å². The SMILES string of the molecule is NC(=O)n1cc(CC(=O)N2C[C@@H](N)C[C@H]2C(=O)N(F)Cc2cccc(Cl)c2)c2ccccc21. The minimum absolute atomic E-state index is 0.0854. The van der Waals surface area contributed by atoms with Crippen LogP contribution in [-0.2, 0) is 22.6 Å². The first-order valence-electron chi connectivity index (χ1n) is 10.4. The predicted octanol–water partition coefficient (Wildman–Crippen LogP) is 2.61.